The number of aliphatic imine (C=N–C) groups is 1. The molecule has 1 N–H and O–H groups in total. The maximum Gasteiger partial charge on any atom is 0.194 e. The number of hydrogen-bond donors (Lipinski definition) is 1. The Morgan fingerprint density at radius 2 is 2.00 bits per heavy atom. The minimum atomic E-state index is 0.270. The fraction of sp³-hybridized carbons (Fsp3) is 0.550. The summed E-state index contributed by atoms with van der Waals surface area (Å²) >= 11 is 0. The van der Waals surface area contributed by atoms with Crippen LogP contribution in [0.2, 0.25) is 0 Å². The lowest BCUT2D eigenvalue weighted by Gasteiger charge is -2.34. The molecule has 2 aliphatic heterocycles. The zero-order chi connectivity index (χ0) is 18.5. The Labute approximate surface area is 160 Å². The summed E-state index contributed by atoms with van der Waals surface area (Å²) in [6.45, 7) is 6.46. The van der Waals surface area contributed by atoms with Crippen molar-refractivity contribution in [2.45, 2.75) is 51.8 Å². The first-order chi connectivity index (χ1) is 13.3. The predicted molar refractivity (Wildman–Crippen MR) is 105 cm³/mol. The number of ether oxygens (including phenoxy) is 1. The second-order valence-electron chi connectivity index (χ2n) is 7.08. The number of likely N-dealkylation sites (tertiary alicyclic amines) is 1. The van der Waals surface area contributed by atoms with E-state index in [1.807, 2.05) is 30.3 Å². The maximum absolute atomic E-state index is 6.10. The smallest absolute Gasteiger partial charge is 0.194 e. The van der Waals surface area contributed by atoms with Crippen molar-refractivity contribution in [2.75, 3.05) is 19.6 Å². The second kappa shape index (κ2) is 8.41. The first-order valence-corrected chi connectivity index (χ1v) is 9.99. The summed E-state index contributed by atoms with van der Waals surface area (Å²) in [5.41, 5.74) is 0. The molecule has 1 saturated heterocycles. The van der Waals surface area contributed by atoms with Crippen LogP contribution >= 0.6 is 0 Å². The molecule has 0 radical (unpaired) electrons. The lowest BCUT2D eigenvalue weighted by molar-refractivity contribution is 0.129. The summed E-state index contributed by atoms with van der Waals surface area (Å²) in [6, 6.07) is 10.1. The number of piperidine rings is 1. The molecule has 27 heavy (non-hydrogen) atoms. The van der Waals surface area contributed by atoms with E-state index in [-0.39, 0.29) is 6.10 Å². The number of hydrogen-bond acceptors (Lipinski definition) is 4. The van der Waals surface area contributed by atoms with Crippen LogP contribution in [0.4, 0.5) is 0 Å². The number of nitrogens with zero attached hydrogens (tertiary/aromatic N) is 5. The van der Waals surface area contributed by atoms with E-state index in [1.165, 1.54) is 0 Å². The number of rotatable bonds is 5. The van der Waals surface area contributed by atoms with Crippen molar-refractivity contribution < 1.29 is 4.74 Å². The molecular weight excluding hydrogens is 340 g/mol. The molecule has 0 saturated carbocycles. The third kappa shape index (κ3) is 4.23. The van der Waals surface area contributed by atoms with E-state index in [2.05, 4.69) is 31.9 Å². The second-order valence-corrected chi connectivity index (χ2v) is 7.08. The van der Waals surface area contributed by atoms with Gasteiger partial charge in [0.25, 0.3) is 0 Å². The van der Waals surface area contributed by atoms with Gasteiger partial charge in [-0.3, -0.25) is 0 Å². The van der Waals surface area contributed by atoms with Crippen LogP contribution in [0, 0.1) is 0 Å². The maximum atomic E-state index is 6.10. The van der Waals surface area contributed by atoms with Crippen molar-refractivity contribution in [1.29, 1.82) is 0 Å². The van der Waals surface area contributed by atoms with Crippen LogP contribution < -0.4 is 10.1 Å². The number of para-hydroxylation sites is 1. The molecule has 0 aliphatic carbocycles. The van der Waals surface area contributed by atoms with Crippen molar-refractivity contribution in [3.8, 4) is 5.75 Å². The summed E-state index contributed by atoms with van der Waals surface area (Å²) in [4.78, 5) is 7.16. The monoisotopic (exact) mass is 368 g/mol. The van der Waals surface area contributed by atoms with Crippen molar-refractivity contribution in [2.24, 2.45) is 4.99 Å². The molecule has 1 aromatic heterocycles. The number of nitrogens with one attached hydrogen (secondary N) is 1. The van der Waals surface area contributed by atoms with Crippen molar-refractivity contribution in [1.82, 2.24) is 25.0 Å². The molecule has 144 valence electrons. The van der Waals surface area contributed by atoms with Crippen LogP contribution in [0.15, 0.2) is 35.3 Å². The molecule has 7 nitrogen and oxygen atoms in total. The van der Waals surface area contributed by atoms with Gasteiger partial charge in [-0.2, -0.15) is 0 Å². The number of guanidine groups is 1. The Bertz CT molecular complexity index is 764. The van der Waals surface area contributed by atoms with E-state index < -0.39 is 0 Å². The molecule has 0 unspecified atom stereocenters. The third-order valence-electron chi connectivity index (χ3n) is 5.18. The van der Waals surface area contributed by atoms with Crippen LogP contribution in [-0.4, -0.2) is 51.4 Å². The molecule has 4 rings (SSSR count). The van der Waals surface area contributed by atoms with Crippen LogP contribution in [0.25, 0.3) is 0 Å². The van der Waals surface area contributed by atoms with Gasteiger partial charge in [-0.25, -0.2) is 4.99 Å². The van der Waals surface area contributed by atoms with Crippen molar-refractivity contribution in [3.63, 3.8) is 0 Å². The highest BCUT2D eigenvalue weighted by atomic mass is 16.5. The van der Waals surface area contributed by atoms with E-state index in [0.717, 1.165) is 75.2 Å². The zero-order valence-electron chi connectivity index (χ0n) is 16.0. The highest BCUT2D eigenvalue weighted by molar-refractivity contribution is 5.80. The minimum absolute atomic E-state index is 0.270. The topological polar surface area (TPSA) is 67.6 Å². The number of fused-ring (bicyclic) bond motifs is 1. The highest BCUT2D eigenvalue weighted by Gasteiger charge is 2.23. The first-order valence-electron chi connectivity index (χ1n) is 9.99. The average Bonchev–Trinajstić information content (AvgIpc) is 3.31. The molecule has 0 atom stereocenters. The molecule has 2 aliphatic rings. The SMILES string of the molecule is CCNC(=NCc1nnc2n1CCC2)N1CCC(Oc2ccccc2)CC1. The fourth-order valence-corrected chi connectivity index (χ4v) is 3.78. The minimum Gasteiger partial charge on any atom is -0.490 e. The molecular formula is C20H28N6O. The van der Waals surface area contributed by atoms with Gasteiger partial charge >= 0.3 is 0 Å². The van der Waals surface area contributed by atoms with E-state index in [1.54, 1.807) is 0 Å². The molecule has 2 aromatic rings. The molecule has 1 aromatic carbocycles. The number of aryl methyl sites for hydroxylation is 1. The highest BCUT2D eigenvalue weighted by Crippen LogP contribution is 2.19. The van der Waals surface area contributed by atoms with Crippen molar-refractivity contribution in [3.05, 3.63) is 42.0 Å². The van der Waals surface area contributed by atoms with Crippen LogP contribution in [-0.2, 0) is 19.5 Å². The van der Waals surface area contributed by atoms with Gasteiger partial charge in [0.2, 0.25) is 0 Å². The number of benzene rings is 1. The summed E-state index contributed by atoms with van der Waals surface area (Å²) in [5.74, 6) is 3.99. The molecule has 1 fully saturated rings. The van der Waals surface area contributed by atoms with E-state index >= 15 is 0 Å². The van der Waals surface area contributed by atoms with Crippen LogP contribution in [0.1, 0.15) is 37.8 Å². The summed E-state index contributed by atoms with van der Waals surface area (Å²) in [5, 5.41) is 12.0. The average molecular weight is 368 g/mol. The summed E-state index contributed by atoms with van der Waals surface area (Å²) < 4.78 is 8.32. The molecule has 0 amide bonds. The normalized spacial score (nSPS) is 17.8. The lowest BCUT2D eigenvalue weighted by atomic mass is 10.1. The Morgan fingerprint density at radius 1 is 1.19 bits per heavy atom. The van der Waals surface area contributed by atoms with Gasteiger partial charge < -0.3 is 19.5 Å². The van der Waals surface area contributed by atoms with Gasteiger partial charge in [-0.05, 0) is 25.5 Å². The Balaban J connectivity index is 1.35. The predicted octanol–water partition coefficient (Wildman–Crippen LogP) is 2.23. The van der Waals surface area contributed by atoms with Crippen molar-refractivity contribution >= 4 is 5.96 Å². The van der Waals surface area contributed by atoms with Crippen LogP contribution in [0.3, 0.4) is 0 Å². The first kappa shape index (κ1) is 17.8. The van der Waals surface area contributed by atoms with Gasteiger partial charge in [0.15, 0.2) is 11.8 Å². The standard InChI is InChI=1S/C20H28N6O/c1-2-21-20(22-15-19-24-23-18-9-6-12-26(18)19)25-13-10-17(11-14-25)27-16-7-4-3-5-8-16/h3-5,7-8,17H,2,6,9-15H2,1H3,(H,21,22). The molecule has 0 spiro atoms. The molecule has 7 heteroatoms. The molecule has 0 bridgehead atoms. The number of aromatic nitrogens is 3. The van der Waals surface area contributed by atoms with E-state index in [0.29, 0.717) is 6.54 Å². The van der Waals surface area contributed by atoms with Gasteiger partial charge in [0.1, 0.15) is 24.2 Å². The third-order valence-corrected chi connectivity index (χ3v) is 5.18. The van der Waals surface area contributed by atoms with Gasteiger partial charge in [0, 0.05) is 45.4 Å². The van der Waals surface area contributed by atoms with Gasteiger partial charge in [-0.1, -0.05) is 18.2 Å². The largest absolute Gasteiger partial charge is 0.490 e. The van der Waals surface area contributed by atoms with Gasteiger partial charge in [0.05, 0.1) is 0 Å². The fourth-order valence-electron chi connectivity index (χ4n) is 3.78. The summed E-state index contributed by atoms with van der Waals surface area (Å²) in [6.07, 6.45) is 4.47. The van der Waals surface area contributed by atoms with E-state index in [4.69, 9.17) is 9.73 Å². The quantitative estimate of drug-likeness (QED) is 0.648. The van der Waals surface area contributed by atoms with E-state index in [9.17, 15) is 0 Å². The Hall–Kier alpha value is -2.57. The molecule has 3 heterocycles. The summed E-state index contributed by atoms with van der Waals surface area (Å²) in [7, 11) is 0. The Kier molecular flexibility index (Phi) is 5.55. The van der Waals surface area contributed by atoms with Crippen LogP contribution in [0.5, 0.6) is 5.75 Å². The Morgan fingerprint density at radius 3 is 2.78 bits per heavy atom. The van der Waals surface area contributed by atoms with Gasteiger partial charge in [-0.15, -0.1) is 10.2 Å². The zero-order valence-corrected chi connectivity index (χ0v) is 16.0. The lowest BCUT2D eigenvalue weighted by Crippen LogP contribution is -2.47.